The quantitative estimate of drug-likeness (QED) is 0.652. The van der Waals surface area contributed by atoms with Crippen LogP contribution in [0.5, 0.6) is 0 Å². The molecule has 0 aliphatic carbocycles. The number of nitrogens with zero attached hydrogens (tertiary/aromatic N) is 4. The van der Waals surface area contributed by atoms with Crippen molar-refractivity contribution in [2.45, 2.75) is 25.3 Å². The Balaban J connectivity index is 1.62. The molecule has 7 nitrogen and oxygen atoms in total. The van der Waals surface area contributed by atoms with E-state index in [0.29, 0.717) is 31.5 Å². The van der Waals surface area contributed by atoms with Gasteiger partial charge in [0.2, 0.25) is 5.91 Å². The first-order valence-electron chi connectivity index (χ1n) is 10.8. The third kappa shape index (κ3) is 3.25. The molecule has 0 spiro atoms. The smallest absolute Gasteiger partial charge is 0.251 e. The summed E-state index contributed by atoms with van der Waals surface area (Å²) in [6, 6.07) is 13.3. The van der Waals surface area contributed by atoms with E-state index in [-0.39, 0.29) is 11.8 Å². The predicted molar refractivity (Wildman–Crippen MR) is 122 cm³/mol. The van der Waals surface area contributed by atoms with E-state index in [0.717, 1.165) is 39.7 Å². The molecule has 32 heavy (non-hydrogen) atoms. The molecule has 2 aromatic carbocycles. The van der Waals surface area contributed by atoms with E-state index in [1.165, 1.54) is 0 Å². The monoisotopic (exact) mass is 425 g/mol. The minimum atomic E-state index is -0.426. The van der Waals surface area contributed by atoms with Gasteiger partial charge in [0.05, 0.1) is 5.52 Å². The Bertz CT molecular complexity index is 1280. The van der Waals surface area contributed by atoms with Crippen LogP contribution < -0.4 is 10.2 Å². The van der Waals surface area contributed by atoms with Crippen molar-refractivity contribution < 1.29 is 9.59 Å². The summed E-state index contributed by atoms with van der Waals surface area (Å²) in [4.78, 5) is 33.7. The van der Waals surface area contributed by atoms with Crippen LogP contribution in [-0.4, -0.2) is 47.9 Å². The maximum absolute atomic E-state index is 13.4. The van der Waals surface area contributed by atoms with Gasteiger partial charge in [-0.25, -0.2) is 0 Å². The summed E-state index contributed by atoms with van der Waals surface area (Å²) in [5, 5.41) is 13.1. The lowest BCUT2D eigenvalue weighted by atomic mass is 9.94. The fourth-order valence-corrected chi connectivity index (χ4v) is 4.83. The van der Waals surface area contributed by atoms with Crippen molar-refractivity contribution in [2.24, 2.45) is 0 Å². The van der Waals surface area contributed by atoms with E-state index in [4.69, 9.17) is 0 Å². The molecular weight excluding hydrogens is 402 g/mol. The van der Waals surface area contributed by atoms with Gasteiger partial charge in [0.25, 0.3) is 5.91 Å². The van der Waals surface area contributed by atoms with Crippen LogP contribution in [0.15, 0.2) is 48.7 Å². The van der Waals surface area contributed by atoms with Gasteiger partial charge in [-0.1, -0.05) is 12.1 Å². The first kappa shape index (κ1) is 20.0. The first-order chi connectivity index (χ1) is 15.6. The van der Waals surface area contributed by atoms with Crippen LogP contribution in [0.25, 0.3) is 22.0 Å². The van der Waals surface area contributed by atoms with Crippen molar-refractivity contribution in [3.63, 3.8) is 0 Å². The van der Waals surface area contributed by atoms with Crippen molar-refractivity contribution in [3.05, 3.63) is 59.8 Å². The van der Waals surface area contributed by atoms with Gasteiger partial charge in [-0.2, -0.15) is 5.26 Å². The van der Waals surface area contributed by atoms with Crippen LogP contribution in [0.1, 0.15) is 28.8 Å². The highest BCUT2D eigenvalue weighted by Crippen LogP contribution is 2.39. The van der Waals surface area contributed by atoms with Gasteiger partial charge >= 0.3 is 0 Å². The Kier molecular flexibility index (Phi) is 4.98. The Labute approximate surface area is 186 Å². The largest absolute Gasteiger partial charge is 0.355 e. The fraction of sp³-hybridized carbons (Fsp3) is 0.280. The molecule has 7 heteroatoms. The van der Waals surface area contributed by atoms with Crippen molar-refractivity contribution in [2.75, 3.05) is 25.0 Å². The molecule has 0 radical (unpaired) electrons. The summed E-state index contributed by atoms with van der Waals surface area (Å²) < 4.78 is 0. The van der Waals surface area contributed by atoms with Crippen LogP contribution in [0.4, 0.5) is 5.69 Å². The summed E-state index contributed by atoms with van der Waals surface area (Å²) in [6.07, 6.45) is 6.13. The van der Waals surface area contributed by atoms with Gasteiger partial charge in [-0.05, 0) is 66.3 Å². The lowest BCUT2D eigenvalue weighted by molar-refractivity contribution is -0.121. The van der Waals surface area contributed by atoms with Gasteiger partial charge in [0.15, 0.2) is 6.19 Å². The number of amides is 2. The zero-order chi connectivity index (χ0) is 22.2. The van der Waals surface area contributed by atoms with Crippen LogP contribution in [0, 0.1) is 11.5 Å². The molecule has 1 fully saturated rings. The average Bonchev–Trinajstić information content (AvgIpc) is 3.49. The molecule has 1 atom stereocenters. The van der Waals surface area contributed by atoms with Crippen molar-refractivity contribution in [1.82, 2.24) is 15.2 Å². The molecule has 160 valence electrons. The summed E-state index contributed by atoms with van der Waals surface area (Å²) in [5.74, 6) is -0.263. The number of aromatic nitrogens is 1. The molecule has 3 aromatic rings. The molecule has 0 bridgehead atoms. The number of hydrogen-bond donors (Lipinski definition) is 1. The van der Waals surface area contributed by atoms with E-state index in [1.807, 2.05) is 30.3 Å². The number of fused-ring (bicyclic) bond motifs is 2. The second kappa shape index (κ2) is 7.97. The molecule has 2 amide bonds. The lowest BCUT2D eigenvalue weighted by Crippen LogP contribution is -2.43. The molecule has 1 saturated heterocycles. The number of anilines is 1. The second-order valence-corrected chi connectivity index (χ2v) is 8.20. The second-order valence-electron chi connectivity index (χ2n) is 8.20. The Morgan fingerprint density at radius 3 is 2.88 bits per heavy atom. The number of pyridine rings is 1. The van der Waals surface area contributed by atoms with Crippen molar-refractivity contribution >= 4 is 28.4 Å². The first-order valence-corrected chi connectivity index (χ1v) is 10.8. The molecule has 2 aliphatic rings. The molecule has 1 aromatic heterocycles. The minimum absolute atomic E-state index is 0.0643. The van der Waals surface area contributed by atoms with Crippen molar-refractivity contribution in [3.8, 4) is 17.3 Å². The SMILES string of the molecule is CNC(=O)c1cc(-c2ccc3ncccc3c2)c2c(c1)N(C(=O)C1CCCN1C#N)CC2. The van der Waals surface area contributed by atoms with Gasteiger partial charge < -0.3 is 10.2 Å². The third-order valence-electron chi connectivity index (χ3n) is 6.44. The topological polar surface area (TPSA) is 89.3 Å². The van der Waals surface area contributed by atoms with Gasteiger partial charge in [0.1, 0.15) is 6.04 Å². The van der Waals surface area contributed by atoms with Crippen LogP contribution in [0.3, 0.4) is 0 Å². The van der Waals surface area contributed by atoms with E-state index < -0.39 is 6.04 Å². The molecule has 0 saturated carbocycles. The Hall–Kier alpha value is -3.92. The molecule has 1 N–H and O–H groups in total. The average molecular weight is 425 g/mol. The highest BCUT2D eigenvalue weighted by molar-refractivity contribution is 6.04. The van der Waals surface area contributed by atoms with E-state index >= 15 is 0 Å². The van der Waals surface area contributed by atoms with Crippen LogP contribution >= 0.6 is 0 Å². The molecule has 2 aliphatic heterocycles. The molecule has 5 rings (SSSR count). The number of rotatable bonds is 3. The Morgan fingerprint density at radius 2 is 2.06 bits per heavy atom. The highest BCUT2D eigenvalue weighted by atomic mass is 16.2. The summed E-state index contributed by atoms with van der Waals surface area (Å²) in [7, 11) is 1.60. The van der Waals surface area contributed by atoms with Gasteiger partial charge in [0, 0.05) is 43.0 Å². The van der Waals surface area contributed by atoms with E-state index in [2.05, 4.69) is 22.6 Å². The van der Waals surface area contributed by atoms with Crippen LogP contribution in [0.2, 0.25) is 0 Å². The molecule has 3 heterocycles. The standard InChI is InChI=1S/C25H23N5O2/c1-27-24(31)18-13-20(16-6-7-21-17(12-16)4-2-9-28-21)19-8-11-30(23(19)14-18)25(32)22-5-3-10-29(22)15-26/h2,4,6-7,9,12-14,22H,3,5,8,10-11H2,1H3,(H,27,31). The number of hydrogen-bond acceptors (Lipinski definition) is 5. The summed E-state index contributed by atoms with van der Waals surface area (Å²) in [5.41, 5.74) is 5.17. The Morgan fingerprint density at radius 1 is 1.19 bits per heavy atom. The number of likely N-dealkylation sites (tertiary alicyclic amines) is 1. The minimum Gasteiger partial charge on any atom is -0.355 e. The van der Waals surface area contributed by atoms with Crippen LogP contribution in [-0.2, 0) is 11.2 Å². The van der Waals surface area contributed by atoms with E-state index in [9.17, 15) is 14.9 Å². The maximum atomic E-state index is 13.4. The zero-order valence-electron chi connectivity index (χ0n) is 17.8. The van der Waals surface area contributed by atoms with E-state index in [1.54, 1.807) is 29.1 Å². The predicted octanol–water partition coefficient (Wildman–Crippen LogP) is 3.10. The number of benzene rings is 2. The molecular formula is C25H23N5O2. The number of nitrogens with one attached hydrogen (secondary N) is 1. The fourth-order valence-electron chi connectivity index (χ4n) is 4.83. The third-order valence-corrected chi connectivity index (χ3v) is 6.44. The normalized spacial score (nSPS) is 17.3. The van der Waals surface area contributed by atoms with Gasteiger partial charge in [-0.15, -0.1) is 0 Å². The lowest BCUT2D eigenvalue weighted by Gasteiger charge is -2.25. The van der Waals surface area contributed by atoms with Gasteiger partial charge in [-0.3, -0.25) is 19.5 Å². The number of nitriles is 1. The maximum Gasteiger partial charge on any atom is 0.251 e. The van der Waals surface area contributed by atoms with Crippen molar-refractivity contribution in [1.29, 1.82) is 5.26 Å². The molecule has 1 unspecified atom stereocenters. The number of carbonyl (C=O) groups excluding carboxylic acids is 2. The zero-order valence-corrected chi connectivity index (χ0v) is 17.8. The number of carbonyl (C=O) groups is 2. The highest BCUT2D eigenvalue weighted by Gasteiger charge is 2.37. The summed E-state index contributed by atoms with van der Waals surface area (Å²) in [6.45, 7) is 1.16. The summed E-state index contributed by atoms with van der Waals surface area (Å²) >= 11 is 0.